The normalized spacial score (nSPS) is 11.7. The number of carbonyl (C=O) groups is 1. The van der Waals surface area contributed by atoms with Crippen LogP contribution in [0.5, 0.6) is 0 Å². The van der Waals surface area contributed by atoms with E-state index < -0.39 is 0 Å². The molecule has 0 saturated heterocycles. The second-order valence-electron chi connectivity index (χ2n) is 5.33. The highest BCUT2D eigenvalue weighted by molar-refractivity contribution is 5.91. The largest absolute Gasteiger partial charge is 0.462 e. The van der Waals surface area contributed by atoms with E-state index in [1.807, 2.05) is 44.1 Å². The molecule has 0 radical (unpaired) electrons. The number of esters is 1. The highest BCUT2D eigenvalue weighted by Gasteiger charge is 2.08. The first-order valence-electron chi connectivity index (χ1n) is 7.88. The zero-order valence-corrected chi connectivity index (χ0v) is 14.1. The first-order chi connectivity index (χ1) is 10.6. The van der Waals surface area contributed by atoms with Gasteiger partial charge in [0.15, 0.2) is 0 Å². The van der Waals surface area contributed by atoms with Gasteiger partial charge in [0.2, 0.25) is 0 Å². The van der Waals surface area contributed by atoms with Gasteiger partial charge >= 0.3 is 5.97 Å². The molecule has 0 atom stereocenters. The van der Waals surface area contributed by atoms with E-state index in [1.54, 1.807) is 0 Å². The number of hydrogen-bond donors (Lipinski definition) is 0. The predicted octanol–water partition coefficient (Wildman–Crippen LogP) is 3.88. The van der Waals surface area contributed by atoms with E-state index in [0.29, 0.717) is 12.2 Å². The molecule has 0 fully saturated rings. The van der Waals surface area contributed by atoms with Gasteiger partial charge in [-0.05, 0) is 32.3 Å². The summed E-state index contributed by atoms with van der Waals surface area (Å²) in [7, 11) is 1.98. The van der Waals surface area contributed by atoms with Crippen LogP contribution >= 0.6 is 0 Å². The van der Waals surface area contributed by atoms with E-state index in [0.717, 1.165) is 19.4 Å². The SMILES string of the molecule is CC/C=C/C(=C\N(C)CCc1ccc(C)cc1)C(=O)OCC. The maximum atomic E-state index is 11.9. The molecule has 3 heteroatoms. The van der Waals surface area contributed by atoms with Gasteiger partial charge in [0, 0.05) is 19.8 Å². The van der Waals surface area contributed by atoms with E-state index in [9.17, 15) is 4.79 Å². The molecular formula is C19H27NO2. The van der Waals surface area contributed by atoms with Gasteiger partial charge in [-0.2, -0.15) is 0 Å². The Hall–Kier alpha value is -2.03. The number of aryl methyl sites for hydroxylation is 1. The molecule has 0 aromatic heterocycles. The van der Waals surface area contributed by atoms with Crippen molar-refractivity contribution in [2.24, 2.45) is 0 Å². The molecule has 0 spiro atoms. The van der Waals surface area contributed by atoms with Crippen molar-refractivity contribution < 1.29 is 9.53 Å². The van der Waals surface area contributed by atoms with Crippen LogP contribution in [0.4, 0.5) is 0 Å². The number of nitrogens with zero attached hydrogens (tertiary/aromatic N) is 1. The Kier molecular flexibility index (Phi) is 8.05. The maximum absolute atomic E-state index is 11.9. The molecule has 0 saturated carbocycles. The fourth-order valence-electron chi connectivity index (χ4n) is 1.99. The molecule has 0 aliphatic rings. The Bertz CT molecular complexity index is 515. The molecular weight excluding hydrogens is 274 g/mol. The Morgan fingerprint density at radius 2 is 1.91 bits per heavy atom. The van der Waals surface area contributed by atoms with Crippen molar-refractivity contribution in [3.05, 3.63) is 59.3 Å². The van der Waals surface area contributed by atoms with Crippen LogP contribution in [0, 0.1) is 6.92 Å². The maximum Gasteiger partial charge on any atom is 0.339 e. The fourth-order valence-corrected chi connectivity index (χ4v) is 1.99. The Labute approximate surface area is 134 Å². The molecule has 0 unspecified atom stereocenters. The molecule has 0 N–H and O–H groups in total. The lowest BCUT2D eigenvalue weighted by molar-refractivity contribution is -0.138. The third-order valence-electron chi connectivity index (χ3n) is 3.28. The van der Waals surface area contributed by atoms with Crippen LogP contribution in [-0.4, -0.2) is 31.1 Å². The predicted molar refractivity (Wildman–Crippen MR) is 91.7 cm³/mol. The highest BCUT2D eigenvalue weighted by Crippen LogP contribution is 2.07. The van der Waals surface area contributed by atoms with Gasteiger partial charge in [0.1, 0.15) is 0 Å². The van der Waals surface area contributed by atoms with Crippen molar-refractivity contribution >= 4 is 5.97 Å². The van der Waals surface area contributed by atoms with Gasteiger partial charge < -0.3 is 9.64 Å². The summed E-state index contributed by atoms with van der Waals surface area (Å²) in [5.41, 5.74) is 3.16. The van der Waals surface area contributed by atoms with Gasteiger partial charge in [-0.3, -0.25) is 0 Å². The lowest BCUT2D eigenvalue weighted by Crippen LogP contribution is -2.17. The van der Waals surface area contributed by atoms with E-state index in [4.69, 9.17) is 4.74 Å². The molecule has 0 amide bonds. The van der Waals surface area contributed by atoms with Crippen molar-refractivity contribution in [3.63, 3.8) is 0 Å². The topological polar surface area (TPSA) is 29.5 Å². The number of hydrogen-bond acceptors (Lipinski definition) is 3. The molecule has 0 aliphatic heterocycles. The van der Waals surface area contributed by atoms with Crippen LogP contribution in [0.2, 0.25) is 0 Å². The zero-order valence-electron chi connectivity index (χ0n) is 14.1. The Morgan fingerprint density at radius 1 is 1.23 bits per heavy atom. The van der Waals surface area contributed by atoms with Crippen molar-refractivity contribution in [2.75, 3.05) is 20.2 Å². The molecule has 22 heavy (non-hydrogen) atoms. The quantitative estimate of drug-likeness (QED) is 0.414. The first kappa shape index (κ1) is 18.0. The summed E-state index contributed by atoms with van der Waals surface area (Å²) in [5.74, 6) is -0.269. The minimum Gasteiger partial charge on any atom is -0.462 e. The fraction of sp³-hybridized carbons (Fsp3) is 0.421. The van der Waals surface area contributed by atoms with Crippen LogP contribution in [0.1, 0.15) is 31.4 Å². The van der Waals surface area contributed by atoms with Gasteiger partial charge in [-0.25, -0.2) is 4.79 Å². The van der Waals surface area contributed by atoms with Gasteiger partial charge in [0.05, 0.1) is 12.2 Å². The summed E-state index contributed by atoms with van der Waals surface area (Å²) < 4.78 is 5.09. The molecule has 1 aromatic rings. The number of likely N-dealkylation sites (N-methyl/N-ethyl adjacent to an activating group) is 1. The standard InChI is InChI=1S/C19H27NO2/c1-5-7-8-18(19(21)22-6-2)15-20(4)14-13-17-11-9-16(3)10-12-17/h7-12,15H,5-6,13-14H2,1-4H3/b8-7+,18-15+. The minimum absolute atomic E-state index is 0.269. The van der Waals surface area contributed by atoms with Crippen LogP contribution in [0.3, 0.4) is 0 Å². The summed E-state index contributed by atoms with van der Waals surface area (Å²) in [6.45, 7) is 7.19. The third kappa shape index (κ3) is 6.61. The molecule has 0 aliphatic carbocycles. The van der Waals surface area contributed by atoms with E-state index >= 15 is 0 Å². The monoisotopic (exact) mass is 301 g/mol. The number of allylic oxidation sites excluding steroid dienone is 1. The molecule has 0 bridgehead atoms. The summed E-state index contributed by atoms with van der Waals surface area (Å²) in [6.07, 6.45) is 7.50. The first-order valence-corrected chi connectivity index (χ1v) is 7.88. The van der Waals surface area contributed by atoms with Crippen molar-refractivity contribution in [2.45, 2.75) is 33.6 Å². The van der Waals surface area contributed by atoms with Crippen molar-refractivity contribution in [1.29, 1.82) is 0 Å². The van der Waals surface area contributed by atoms with Gasteiger partial charge in [-0.1, -0.05) is 48.9 Å². The third-order valence-corrected chi connectivity index (χ3v) is 3.28. The van der Waals surface area contributed by atoms with E-state index in [1.165, 1.54) is 11.1 Å². The van der Waals surface area contributed by atoms with E-state index in [-0.39, 0.29) is 5.97 Å². The lowest BCUT2D eigenvalue weighted by atomic mass is 10.1. The molecule has 120 valence electrons. The molecule has 3 nitrogen and oxygen atoms in total. The summed E-state index contributed by atoms with van der Waals surface area (Å²) in [4.78, 5) is 14.0. The number of benzene rings is 1. The Balaban J connectivity index is 2.66. The van der Waals surface area contributed by atoms with E-state index in [2.05, 4.69) is 31.2 Å². The lowest BCUT2D eigenvalue weighted by Gasteiger charge is -2.15. The van der Waals surface area contributed by atoms with Crippen LogP contribution < -0.4 is 0 Å². The van der Waals surface area contributed by atoms with Crippen molar-refractivity contribution in [3.8, 4) is 0 Å². The van der Waals surface area contributed by atoms with Crippen LogP contribution in [0.25, 0.3) is 0 Å². The summed E-state index contributed by atoms with van der Waals surface area (Å²) in [6, 6.07) is 8.55. The minimum atomic E-state index is -0.269. The van der Waals surface area contributed by atoms with Gasteiger partial charge in [0.25, 0.3) is 0 Å². The van der Waals surface area contributed by atoms with Crippen LogP contribution in [-0.2, 0) is 16.0 Å². The number of rotatable bonds is 8. The van der Waals surface area contributed by atoms with Gasteiger partial charge in [-0.15, -0.1) is 0 Å². The second-order valence-corrected chi connectivity index (χ2v) is 5.33. The smallest absolute Gasteiger partial charge is 0.339 e. The van der Waals surface area contributed by atoms with Crippen LogP contribution in [0.15, 0.2) is 48.2 Å². The Morgan fingerprint density at radius 3 is 2.50 bits per heavy atom. The summed E-state index contributed by atoms with van der Waals surface area (Å²) >= 11 is 0. The average molecular weight is 301 g/mol. The molecule has 0 heterocycles. The summed E-state index contributed by atoms with van der Waals surface area (Å²) in [5, 5.41) is 0. The number of ether oxygens (including phenoxy) is 1. The highest BCUT2D eigenvalue weighted by atomic mass is 16.5. The second kappa shape index (κ2) is 9.82. The average Bonchev–Trinajstić information content (AvgIpc) is 2.51. The molecule has 1 rings (SSSR count). The zero-order chi connectivity index (χ0) is 16.4. The van der Waals surface area contributed by atoms with Crippen molar-refractivity contribution in [1.82, 2.24) is 4.90 Å². The number of carbonyl (C=O) groups excluding carboxylic acids is 1. The molecule has 1 aromatic carbocycles.